The summed E-state index contributed by atoms with van der Waals surface area (Å²) in [6.45, 7) is -0.118. The molecule has 0 atom stereocenters. The van der Waals surface area contributed by atoms with Crippen molar-refractivity contribution in [1.29, 1.82) is 0 Å². The van der Waals surface area contributed by atoms with Crippen LogP contribution in [0.4, 0.5) is 0 Å². The van der Waals surface area contributed by atoms with Gasteiger partial charge in [-0.1, -0.05) is 42.5 Å². The van der Waals surface area contributed by atoms with Crippen molar-refractivity contribution in [2.24, 2.45) is 0 Å². The molecule has 0 N–H and O–H groups in total. The van der Waals surface area contributed by atoms with E-state index >= 15 is 0 Å². The molecule has 0 aliphatic carbocycles. The molecule has 57 valence electrons. The third-order valence-electron chi connectivity index (χ3n) is 1.46. The minimum Gasteiger partial charge on any atom is -0.232 e. The van der Waals surface area contributed by atoms with E-state index < -0.39 is 0 Å². The summed E-state index contributed by atoms with van der Waals surface area (Å²) >= 11 is 0. The Morgan fingerprint density at radius 2 is 1.82 bits per heavy atom. The summed E-state index contributed by atoms with van der Waals surface area (Å²) in [6.07, 6.45) is 4.42. The van der Waals surface area contributed by atoms with Crippen molar-refractivity contribution in [3.05, 3.63) is 48.0 Å². The Balaban J connectivity index is 2.45. The zero-order valence-corrected chi connectivity index (χ0v) is 6.36. The Kier molecular flexibility index (Phi) is 3.42. The van der Waals surface area contributed by atoms with Crippen molar-refractivity contribution in [1.82, 2.24) is 0 Å². The number of hydrogen-bond acceptors (Lipinski definition) is 0. The Hall–Kier alpha value is -1.08. The van der Waals surface area contributed by atoms with E-state index in [2.05, 4.69) is 12.1 Å². The lowest BCUT2D eigenvalue weighted by Gasteiger charge is -1.92. The molecule has 0 saturated heterocycles. The molecule has 0 aliphatic rings. The second kappa shape index (κ2) is 4.69. The number of allylic oxidation sites excluding steroid dienone is 1. The molecule has 11 heavy (non-hydrogen) atoms. The maximum absolute atomic E-state index is 10.0. The first-order valence-electron chi connectivity index (χ1n) is 3.70. The highest BCUT2D eigenvalue weighted by molar-refractivity contribution is 5.17. The molecular formula is C10H11O. The zero-order valence-electron chi connectivity index (χ0n) is 6.36. The molecule has 0 bridgehead atoms. The number of hydrogen-bond donors (Lipinski definition) is 0. The minimum atomic E-state index is -0.118. The molecule has 0 aliphatic heterocycles. The molecule has 1 aromatic rings. The van der Waals surface area contributed by atoms with E-state index in [1.54, 1.807) is 6.08 Å². The van der Waals surface area contributed by atoms with Gasteiger partial charge in [0.2, 0.25) is 0 Å². The van der Waals surface area contributed by atoms with Gasteiger partial charge in [-0.3, -0.25) is 0 Å². The molecule has 1 radical (unpaired) electrons. The third kappa shape index (κ3) is 3.01. The summed E-state index contributed by atoms with van der Waals surface area (Å²) in [5.74, 6) is 0. The van der Waals surface area contributed by atoms with Crippen molar-refractivity contribution < 1.29 is 5.11 Å². The predicted molar refractivity (Wildman–Crippen MR) is 44.8 cm³/mol. The van der Waals surface area contributed by atoms with E-state index in [0.29, 0.717) is 0 Å². The van der Waals surface area contributed by atoms with Gasteiger partial charge in [0.15, 0.2) is 0 Å². The van der Waals surface area contributed by atoms with E-state index in [9.17, 15) is 5.11 Å². The molecule has 0 aromatic heterocycles. The van der Waals surface area contributed by atoms with Crippen LogP contribution in [0.1, 0.15) is 5.56 Å². The van der Waals surface area contributed by atoms with Crippen LogP contribution in [-0.4, -0.2) is 6.61 Å². The molecule has 1 nitrogen and oxygen atoms in total. The van der Waals surface area contributed by atoms with Gasteiger partial charge in [0, 0.05) is 0 Å². The second-order valence-corrected chi connectivity index (χ2v) is 2.33. The lowest BCUT2D eigenvalue weighted by atomic mass is 10.1. The lowest BCUT2D eigenvalue weighted by molar-refractivity contribution is 0.232. The molecule has 1 aromatic carbocycles. The highest BCUT2D eigenvalue weighted by atomic mass is 16.2. The van der Waals surface area contributed by atoms with Gasteiger partial charge in [-0.2, -0.15) is 0 Å². The van der Waals surface area contributed by atoms with Gasteiger partial charge in [-0.05, 0) is 12.0 Å². The van der Waals surface area contributed by atoms with Gasteiger partial charge in [0.25, 0.3) is 0 Å². The highest BCUT2D eigenvalue weighted by Gasteiger charge is 1.84. The van der Waals surface area contributed by atoms with E-state index in [1.165, 1.54) is 5.56 Å². The maximum Gasteiger partial charge on any atom is 0.100 e. The van der Waals surface area contributed by atoms with Gasteiger partial charge < -0.3 is 0 Å². The summed E-state index contributed by atoms with van der Waals surface area (Å²) < 4.78 is 0. The van der Waals surface area contributed by atoms with Crippen LogP contribution in [-0.2, 0) is 11.5 Å². The Bertz CT molecular complexity index is 214. The van der Waals surface area contributed by atoms with Crippen molar-refractivity contribution >= 4 is 0 Å². The van der Waals surface area contributed by atoms with Crippen LogP contribution in [0, 0.1) is 0 Å². The van der Waals surface area contributed by atoms with Crippen LogP contribution >= 0.6 is 0 Å². The van der Waals surface area contributed by atoms with Crippen LogP contribution in [0.2, 0.25) is 0 Å². The average Bonchev–Trinajstić information content (AvgIpc) is 2.07. The van der Waals surface area contributed by atoms with Crippen molar-refractivity contribution in [2.75, 3.05) is 6.61 Å². The van der Waals surface area contributed by atoms with Crippen LogP contribution in [0.25, 0.3) is 0 Å². The summed E-state index contributed by atoms with van der Waals surface area (Å²) in [5, 5.41) is 10.0. The molecule has 0 amide bonds. The number of rotatable bonds is 3. The molecular weight excluding hydrogens is 136 g/mol. The molecule has 1 rings (SSSR count). The smallest absolute Gasteiger partial charge is 0.100 e. The molecule has 0 saturated carbocycles. The maximum atomic E-state index is 10.0. The van der Waals surface area contributed by atoms with Gasteiger partial charge in [-0.25, -0.2) is 5.11 Å². The molecule has 0 spiro atoms. The largest absolute Gasteiger partial charge is 0.232 e. The van der Waals surface area contributed by atoms with Gasteiger partial charge in [-0.15, -0.1) is 0 Å². The molecule has 1 heteroatoms. The fourth-order valence-corrected chi connectivity index (χ4v) is 0.902. The van der Waals surface area contributed by atoms with Crippen molar-refractivity contribution in [2.45, 2.75) is 6.42 Å². The van der Waals surface area contributed by atoms with E-state index in [4.69, 9.17) is 0 Å². The highest BCUT2D eigenvalue weighted by Crippen LogP contribution is 1.99. The fraction of sp³-hybridized carbons (Fsp3) is 0.200. The quantitative estimate of drug-likeness (QED) is 0.584. The first-order chi connectivity index (χ1) is 5.43. The normalized spacial score (nSPS) is 10.6. The number of benzene rings is 1. The fourth-order valence-electron chi connectivity index (χ4n) is 0.902. The lowest BCUT2D eigenvalue weighted by Crippen LogP contribution is -1.79. The van der Waals surface area contributed by atoms with Gasteiger partial charge in [0.05, 0.1) is 0 Å². The first kappa shape index (κ1) is 8.02. The average molecular weight is 147 g/mol. The topological polar surface area (TPSA) is 19.9 Å². The van der Waals surface area contributed by atoms with Crippen molar-refractivity contribution in [3.8, 4) is 0 Å². The van der Waals surface area contributed by atoms with E-state index in [0.717, 1.165) is 6.42 Å². The van der Waals surface area contributed by atoms with Crippen LogP contribution in [0.15, 0.2) is 42.5 Å². The van der Waals surface area contributed by atoms with E-state index in [-0.39, 0.29) is 6.61 Å². The molecule has 0 heterocycles. The summed E-state index contributed by atoms with van der Waals surface area (Å²) in [7, 11) is 0. The SMILES string of the molecule is [O]CC=CCc1ccccc1. The Morgan fingerprint density at radius 3 is 2.45 bits per heavy atom. The van der Waals surface area contributed by atoms with Crippen LogP contribution in [0.3, 0.4) is 0 Å². The Labute approximate surface area is 67.0 Å². The third-order valence-corrected chi connectivity index (χ3v) is 1.46. The molecule has 0 fully saturated rings. The van der Waals surface area contributed by atoms with Gasteiger partial charge in [0.1, 0.15) is 6.61 Å². The minimum absolute atomic E-state index is 0.118. The predicted octanol–water partition coefficient (Wildman–Crippen LogP) is 2.22. The monoisotopic (exact) mass is 147 g/mol. The summed E-state index contributed by atoms with van der Waals surface area (Å²) in [6, 6.07) is 10.1. The first-order valence-corrected chi connectivity index (χ1v) is 3.70. The summed E-state index contributed by atoms with van der Waals surface area (Å²) in [5.41, 5.74) is 1.25. The Morgan fingerprint density at radius 1 is 1.09 bits per heavy atom. The summed E-state index contributed by atoms with van der Waals surface area (Å²) in [4.78, 5) is 0. The second-order valence-electron chi connectivity index (χ2n) is 2.33. The van der Waals surface area contributed by atoms with Gasteiger partial charge >= 0.3 is 0 Å². The zero-order chi connectivity index (χ0) is 7.94. The van der Waals surface area contributed by atoms with E-state index in [1.807, 2.05) is 24.3 Å². The van der Waals surface area contributed by atoms with Crippen LogP contribution < -0.4 is 0 Å². The molecule has 0 unspecified atom stereocenters. The standard InChI is InChI=1S/C10H11O/c11-9-5-4-8-10-6-2-1-3-7-10/h1-7H,8-9H2. The van der Waals surface area contributed by atoms with Crippen LogP contribution in [0.5, 0.6) is 0 Å². The van der Waals surface area contributed by atoms with Crippen molar-refractivity contribution in [3.63, 3.8) is 0 Å².